The molecule has 1 fully saturated rings. The first-order valence-corrected chi connectivity index (χ1v) is 6.27. The van der Waals surface area contributed by atoms with Crippen molar-refractivity contribution in [2.75, 3.05) is 13.1 Å². The van der Waals surface area contributed by atoms with Crippen LogP contribution in [0.4, 0.5) is 0 Å². The first-order chi connectivity index (χ1) is 6.57. The van der Waals surface area contributed by atoms with Crippen LogP contribution in [0.5, 0.6) is 0 Å². The first kappa shape index (κ1) is 12.0. The standard InChI is InChI=1S/C13H27N/c1-11(2)6-5-9-14-10-13(7-8-13)12(3)4/h11-12,14H,5-10H2,1-4H3. The van der Waals surface area contributed by atoms with Crippen LogP contribution >= 0.6 is 0 Å². The summed E-state index contributed by atoms with van der Waals surface area (Å²) < 4.78 is 0. The highest BCUT2D eigenvalue weighted by atomic mass is 14.9. The summed E-state index contributed by atoms with van der Waals surface area (Å²) in [7, 11) is 0. The second kappa shape index (κ2) is 5.16. The Labute approximate surface area is 89.7 Å². The van der Waals surface area contributed by atoms with Gasteiger partial charge in [-0.3, -0.25) is 0 Å². The number of rotatable bonds is 7. The van der Waals surface area contributed by atoms with Gasteiger partial charge in [-0.1, -0.05) is 27.7 Å². The summed E-state index contributed by atoms with van der Waals surface area (Å²) in [5.74, 6) is 1.72. The van der Waals surface area contributed by atoms with Crippen LogP contribution in [0.15, 0.2) is 0 Å². The SMILES string of the molecule is CC(C)CCCNCC1(C(C)C)CC1. The van der Waals surface area contributed by atoms with Crippen molar-refractivity contribution in [1.82, 2.24) is 5.32 Å². The molecule has 0 aromatic carbocycles. The lowest BCUT2D eigenvalue weighted by Crippen LogP contribution is -2.28. The van der Waals surface area contributed by atoms with E-state index in [0.717, 1.165) is 11.8 Å². The summed E-state index contributed by atoms with van der Waals surface area (Å²) in [6, 6.07) is 0. The maximum absolute atomic E-state index is 3.62. The Bertz CT molecular complexity index is 157. The Morgan fingerprint density at radius 2 is 1.79 bits per heavy atom. The van der Waals surface area contributed by atoms with Crippen LogP contribution < -0.4 is 5.32 Å². The van der Waals surface area contributed by atoms with Crippen molar-refractivity contribution in [3.8, 4) is 0 Å². The Morgan fingerprint density at radius 1 is 1.14 bits per heavy atom. The fourth-order valence-corrected chi connectivity index (χ4v) is 2.09. The molecule has 0 aromatic heterocycles. The van der Waals surface area contributed by atoms with Gasteiger partial charge in [-0.15, -0.1) is 0 Å². The molecule has 0 spiro atoms. The van der Waals surface area contributed by atoms with Crippen LogP contribution in [0, 0.1) is 17.3 Å². The molecular weight excluding hydrogens is 170 g/mol. The van der Waals surface area contributed by atoms with Gasteiger partial charge in [-0.25, -0.2) is 0 Å². The fourth-order valence-electron chi connectivity index (χ4n) is 2.09. The molecule has 1 nitrogen and oxygen atoms in total. The van der Waals surface area contributed by atoms with E-state index < -0.39 is 0 Å². The minimum absolute atomic E-state index is 0.678. The average molecular weight is 197 g/mol. The Hall–Kier alpha value is -0.0400. The van der Waals surface area contributed by atoms with Crippen molar-refractivity contribution in [3.05, 3.63) is 0 Å². The summed E-state index contributed by atoms with van der Waals surface area (Å²) in [6.45, 7) is 11.8. The summed E-state index contributed by atoms with van der Waals surface area (Å²) in [5, 5.41) is 3.62. The lowest BCUT2D eigenvalue weighted by molar-refractivity contribution is 0.336. The third-order valence-electron chi connectivity index (χ3n) is 3.73. The maximum Gasteiger partial charge on any atom is 0.00103 e. The molecule has 0 aliphatic heterocycles. The monoisotopic (exact) mass is 197 g/mol. The van der Waals surface area contributed by atoms with E-state index in [1.807, 2.05) is 0 Å². The summed E-state index contributed by atoms with van der Waals surface area (Å²) in [6.07, 6.45) is 5.59. The maximum atomic E-state index is 3.62. The minimum atomic E-state index is 0.678. The van der Waals surface area contributed by atoms with Gasteiger partial charge in [0, 0.05) is 6.54 Å². The highest BCUT2D eigenvalue weighted by molar-refractivity contribution is 4.96. The van der Waals surface area contributed by atoms with Gasteiger partial charge < -0.3 is 5.32 Å². The first-order valence-electron chi connectivity index (χ1n) is 6.27. The van der Waals surface area contributed by atoms with Gasteiger partial charge in [-0.2, -0.15) is 0 Å². The van der Waals surface area contributed by atoms with Crippen LogP contribution in [0.1, 0.15) is 53.4 Å². The molecule has 0 unspecified atom stereocenters. The average Bonchev–Trinajstić information content (AvgIpc) is 2.84. The topological polar surface area (TPSA) is 12.0 Å². The minimum Gasteiger partial charge on any atom is -0.316 e. The van der Waals surface area contributed by atoms with Gasteiger partial charge in [0.05, 0.1) is 0 Å². The molecule has 14 heavy (non-hydrogen) atoms. The lowest BCUT2D eigenvalue weighted by Gasteiger charge is -2.20. The Kier molecular flexibility index (Phi) is 4.43. The number of nitrogens with one attached hydrogen (secondary N) is 1. The largest absolute Gasteiger partial charge is 0.316 e. The van der Waals surface area contributed by atoms with Crippen LogP contribution in [0.3, 0.4) is 0 Å². The van der Waals surface area contributed by atoms with Gasteiger partial charge >= 0.3 is 0 Å². The molecule has 0 amide bonds. The lowest BCUT2D eigenvalue weighted by atomic mass is 9.92. The van der Waals surface area contributed by atoms with Gasteiger partial charge in [-0.05, 0) is 49.5 Å². The zero-order valence-corrected chi connectivity index (χ0v) is 10.4. The molecule has 1 rings (SSSR count). The normalized spacial score (nSPS) is 19.3. The van der Waals surface area contributed by atoms with E-state index in [4.69, 9.17) is 0 Å². The van der Waals surface area contributed by atoms with E-state index in [9.17, 15) is 0 Å². The van der Waals surface area contributed by atoms with Crippen molar-refractivity contribution >= 4 is 0 Å². The predicted molar refractivity (Wildman–Crippen MR) is 63.4 cm³/mol. The van der Waals surface area contributed by atoms with Crippen molar-refractivity contribution in [1.29, 1.82) is 0 Å². The van der Waals surface area contributed by atoms with Crippen LogP contribution in [-0.2, 0) is 0 Å². The van der Waals surface area contributed by atoms with E-state index in [1.165, 1.54) is 38.8 Å². The molecular formula is C13H27N. The molecule has 0 atom stereocenters. The number of hydrogen-bond acceptors (Lipinski definition) is 1. The van der Waals surface area contributed by atoms with Crippen LogP contribution in [0.2, 0.25) is 0 Å². The molecule has 0 radical (unpaired) electrons. The summed E-state index contributed by atoms with van der Waals surface area (Å²) >= 11 is 0. The number of hydrogen-bond donors (Lipinski definition) is 1. The highest BCUT2D eigenvalue weighted by Crippen LogP contribution is 2.51. The molecule has 1 aliphatic carbocycles. The molecule has 1 heteroatoms. The van der Waals surface area contributed by atoms with Gasteiger partial charge in [0.25, 0.3) is 0 Å². The van der Waals surface area contributed by atoms with Gasteiger partial charge in [0.15, 0.2) is 0 Å². The molecule has 1 saturated carbocycles. The van der Waals surface area contributed by atoms with E-state index in [-0.39, 0.29) is 0 Å². The third kappa shape index (κ3) is 3.61. The van der Waals surface area contributed by atoms with E-state index in [2.05, 4.69) is 33.0 Å². The molecule has 0 saturated heterocycles. The van der Waals surface area contributed by atoms with Crippen molar-refractivity contribution in [3.63, 3.8) is 0 Å². The second-order valence-corrected chi connectivity index (χ2v) is 5.73. The van der Waals surface area contributed by atoms with Gasteiger partial charge in [0.2, 0.25) is 0 Å². The molecule has 0 heterocycles. The molecule has 84 valence electrons. The molecule has 1 N–H and O–H groups in total. The van der Waals surface area contributed by atoms with Crippen molar-refractivity contribution in [2.45, 2.75) is 53.4 Å². The molecule has 1 aliphatic rings. The Balaban J connectivity index is 1.99. The smallest absolute Gasteiger partial charge is 0.00103 e. The van der Waals surface area contributed by atoms with Crippen molar-refractivity contribution < 1.29 is 0 Å². The van der Waals surface area contributed by atoms with E-state index in [0.29, 0.717) is 5.41 Å². The zero-order valence-electron chi connectivity index (χ0n) is 10.4. The summed E-state index contributed by atoms with van der Waals surface area (Å²) in [4.78, 5) is 0. The fraction of sp³-hybridized carbons (Fsp3) is 1.00. The summed E-state index contributed by atoms with van der Waals surface area (Å²) in [5.41, 5.74) is 0.678. The van der Waals surface area contributed by atoms with E-state index in [1.54, 1.807) is 0 Å². The predicted octanol–water partition coefficient (Wildman–Crippen LogP) is 3.45. The highest BCUT2D eigenvalue weighted by Gasteiger charge is 2.44. The van der Waals surface area contributed by atoms with Crippen LogP contribution in [-0.4, -0.2) is 13.1 Å². The van der Waals surface area contributed by atoms with Crippen molar-refractivity contribution in [2.24, 2.45) is 17.3 Å². The third-order valence-corrected chi connectivity index (χ3v) is 3.73. The van der Waals surface area contributed by atoms with Gasteiger partial charge in [0.1, 0.15) is 0 Å². The Morgan fingerprint density at radius 3 is 2.21 bits per heavy atom. The quantitative estimate of drug-likeness (QED) is 0.616. The molecule has 0 aromatic rings. The molecule has 0 bridgehead atoms. The second-order valence-electron chi connectivity index (χ2n) is 5.73. The van der Waals surface area contributed by atoms with Crippen LogP contribution in [0.25, 0.3) is 0 Å². The zero-order chi connectivity index (χ0) is 10.6. The van der Waals surface area contributed by atoms with E-state index >= 15 is 0 Å².